The predicted molar refractivity (Wildman–Crippen MR) is 109 cm³/mol. The SMILES string of the molecule is O=C(CNc1cccc(C(=O)NC2CCCCC2)c1)Nc1ccc(F)c(Cl)c1. The minimum atomic E-state index is -0.541. The van der Waals surface area contributed by atoms with Gasteiger partial charge in [-0.2, -0.15) is 0 Å². The molecule has 3 N–H and O–H groups in total. The highest BCUT2D eigenvalue weighted by atomic mass is 35.5. The minimum Gasteiger partial charge on any atom is -0.376 e. The molecule has 5 nitrogen and oxygen atoms in total. The van der Waals surface area contributed by atoms with Gasteiger partial charge in [0.15, 0.2) is 0 Å². The highest BCUT2D eigenvalue weighted by Gasteiger charge is 2.16. The Morgan fingerprint density at radius 1 is 1.04 bits per heavy atom. The smallest absolute Gasteiger partial charge is 0.251 e. The van der Waals surface area contributed by atoms with Crippen LogP contribution in [0, 0.1) is 5.82 Å². The molecule has 1 aliphatic rings. The predicted octanol–water partition coefficient (Wildman–Crippen LogP) is 4.59. The molecule has 148 valence electrons. The van der Waals surface area contributed by atoms with E-state index < -0.39 is 5.82 Å². The fourth-order valence-corrected chi connectivity index (χ4v) is 3.43. The van der Waals surface area contributed by atoms with Crippen LogP contribution in [0.1, 0.15) is 42.5 Å². The molecule has 2 aromatic rings. The number of carbonyl (C=O) groups excluding carboxylic acids is 2. The Morgan fingerprint density at radius 2 is 1.82 bits per heavy atom. The zero-order valence-electron chi connectivity index (χ0n) is 15.4. The van der Waals surface area contributed by atoms with Crippen molar-refractivity contribution < 1.29 is 14.0 Å². The monoisotopic (exact) mass is 403 g/mol. The Labute approximate surface area is 168 Å². The lowest BCUT2D eigenvalue weighted by atomic mass is 9.95. The summed E-state index contributed by atoms with van der Waals surface area (Å²) in [5, 5.41) is 8.66. The van der Waals surface area contributed by atoms with Gasteiger partial charge in [0.25, 0.3) is 5.91 Å². The average Bonchev–Trinajstić information content (AvgIpc) is 2.70. The molecule has 0 atom stereocenters. The minimum absolute atomic E-state index is 0.00267. The summed E-state index contributed by atoms with van der Waals surface area (Å²) in [4.78, 5) is 24.5. The van der Waals surface area contributed by atoms with Gasteiger partial charge in [-0.05, 0) is 49.2 Å². The highest BCUT2D eigenvalue weighted by Crippen LogP contribution is 2.20. The molecule has 0 saturated heterocycles. The van der Waals surface area contributed by atoms with Gasteiger partial charge in [-0.3, -0.25) is 9.59 Å². The van der Waals surface area contributed by atoms with Crippen LogP contribution in [0.15, 0.2) is 42.5 Å². The zero-order valence-corrected chi connectivity index (χ0v) is 16.2. The van der Waals surface area contributed by atoms with E-state index in [4.69, 9.17) is 11.6 Å². The molecule has 1 fully saturated rings. The van der Waals surface area contributed by atoms with Crippen LogP contribution in [0.5, 0.6) is 0 Å². The third-order valence-corrected chi connectivity index (χ3v) is 5.01. The summed E-state index contributed by atoms with van der Waals surface area (Å²) in [7, 11) is 0. The average molecular weight is 404 g/mol. The second-order valence-corrected chi connectivity index (χ2v) is 7.33. The summed E-state index contributed by atoms with van der Waals surface area (Å²) in [6, 6.07) is 11.3. The van der Waals surface area contributed by atoms with Gasteiger partial charge in [-0.15, -0.1) is 0 Å². The van der Waals surface area contributed by atoms with E-state index in [0.29, 0.717) is 16.9 Å². The van der Waals surface area contributed by atoms with Gasteiger partial charge < -0.3 is 16.0 Å². The fraction of sp³-hybridized carbons (Fsp3) is 0.333. The van der Waals surface area contributed by atoms with E-state index in [1.54, 1.807) is 24.3 Å². The molecule has 1 aliphatic carbocycles. The number of benzene rings is 2. The molecular weight excluding hydrogens is 381 g/mol. The van der Waals surface area contributed by atoms with Crippen molar-refractivity contribution in [2.75, 3.05) is 17.2 Å². The number of hydrogen-bond donors (Lipinski definition) is 3. The molecule has 28 heavy (non-hydrogen) atoms. The summed E-state index contributed by atoms with van der Waals surface area (Å²) in [5.74, 6) is -0.943. The molecule has 2 amide bonds. The number of nitrogens with one attached hydrogen (secondary N) is 3. The Hall–Kier alpha value is -2.60. The third-order valence-electron chi connectivity index (χ3n) is 4.72. The first-order chi connectivity index (χ1) is 13.5. The quantitative estimate of drug-likeness (QED) is 0.660. The molecule has 0 radical (unpaired) electrons. The molecule has 1 saturated carbocycles. The number of halogens is 2. The number of rotatable bonds is 6. The molecule has 0 spiro atoms. The fourth-order valence-electron chi connectivity index (χ4n) is 3.25. The number of carbonyl (C=O) groups is 2. The summed E-state index contributed by atoms with van der Waals surface area (Å²) < 4.78 is 13.2. The van der Waals surface area contributed by atoms with E-state index in [2.05, 4.69) is 16.0 Å². The summed E-state index contributed by atoms with van der Waals surface area (Å²) in [6.45, 7) is 0.00267. The van der Waals surface area contributed by atoms with Crippen LogP contribution in [-0.2, 0) is 4.79 Å². The van der Waals surface area contributed by atoms with E-state index >= 15 is 0 Å². The van der Waals surface area contributed by atoms with E-state index in [-0.39, 0.29) is 29.4 Å². The topological polar surface area (TPSA) is 70.2 Å². The number of amides is 2. The van der Waals surface area contributed by atoms with Crippen molar-refractivity contribution in [3.05, 3.63) is 58.9 Å². The second kappa shape index (κ2) is 9.55. The van der Waals surface area contributed by atoms with Gasteiger partial charge >= 0.3 is 0 Å². The Kier molecular flexibility index (Phi) is 6.87. The summed E-state index contributed by atoms with van der Waals surface area (Å²) >= 11 is 5.71. The maximum atomic E-state index is 13.2. The molecule has 0 unspecified atom stereocenters. The molecule has 0 bridgehead atoms. The molecule has 3 rings (SSSR count). The Morgan fingerprint density at radius 3 is 2.57 bits per heavy atom. The molecule has 7 heteroatoms. The Bertz CT molecular complexity index is 853. The van der Waals surface area contributed by atoms with Crippen LogP contribution in [0.25, 0.3) is 0 Å². The van der Waals surface area contributed by atoms with Gasteiger partial charge in [-0.1, -0.05) is 36.9 Å². The molecule has 0 aromatic heterocycles. The van der Waals surface area contributed by atoms with Crippen LogP contribution in [0.2, 0.25) is 5.02 Å². The van der Waals surface area contributed by atoms with Crippen molar-refractivity contribution in [3.8, 4) is 0 Å². The van der Waals surface area contributed by atoms with Crippen molar-refractivity contribution in [2.45, 2.75) is 38.1 Å². The summed E-state index contributed by atoms with van der Waals surface area (Å²) in [6.07, 6.45) is 5.59. The lowest BCUT2D eigenvalue weighted by molar-refractivity contribution is -0.114. The normalized spacial score (nSPS) is 14.4. The van der Waals surface area contributed by atoms with Crippen molar-refractivity contribution in [2.24, 2.45) is 0 Å². The first-order valence-electron chi connectivity index (χ1n) is 9.41. The van der Waals surface area contributed by atoms with Gasteiger partial charge in [-0.25, -0.2) is 4.39 Å². The van der Waals surface area contributed by atoms with Crippen LogP contribution in [0.3, 0.4) is 0 Å². The third kappa shape index (κ3) is 5.70. The lowest BCUT2D eigenvalue weighted by Gasteiger charge is -2.22. The Balaban J connectivity index is 1.52. The summed E-state index contributed by atoms with van der Waals surface area (Å²) in [5.41, 5.74) is 1.64. The van der Waals surface area contributed by atoms with E-state index in [1.807, 2.05) is 0 Å². The molecular formula is C21H23ClFN3O2. The van der Waals surface area contributed by atoms with Crippen LogP contribution >= 0.6 is 11.6 Å². The zero-order chi connectivity index (χ0) is 19.9. The van der Waals surface area contributed by atoms with Crippen LogP contribution in [0.4, 0.5) is 15.8 Å². The van der Waals surface area contributed by atoms with Gasteiger partial charge in [0, 0.05) is 23.0 Å². The van der Waals surface area contributed by atoms with Crippen molar-refractivity contribution in [1.29, 1.82) is 0 Å². The number of anilines is 2. The number of hydrogen-bond acceptors (Lipinski definition) is 3. The van der Waals surface area contributed by atoms with Gasteiger partial charge in [0.2, 0.25) is 5.91 Å². The molecule has 0 heterocycles. The second-order valence-electron chi connectivity index (χ2n) is 6.92. The van der Waals surface area contributed by atoms with Crippen LogP contribution < -0.4 is 16.0 Å². The lowest BCUT2D eigenvalue weighted by Crippen LogP contribution is -2.36. The van der Waals surface area contributed by atoms with Crippen molar-refractivity contribution in [3.63, 3.8) is 0 Å². The first-order valence-corrected chi connectivity index (χ1v) is 9.79. The van der Waals surface area contributed by atoms with Gasteiger partial charge in [0.1, 0.15) is 5.82 Å². The van der Waals surface area contributed by atoms with E-state index in [0.717, 1.165) is 25.7 Å². The van der Waals surface area contributed by atoms with E-state index in [9.17, 15) is 14.0 Å². The van der Waals surface area contributed by atoms with Crippen molar-refractivity contribution >= 4 is 34.8 Å². The largest absolute Gasteiger partial charge is 0.376 e. The van der Waals surface area contributed by atoms with Gasteiger partial charge in [0.05, 0.1) is 11.6 Å². The standard InChI is InChI=1S/C21H23ClFN3O2/c22-18-12-17(9-10-19(18)23)25-20(27)13-24-16-8-4-5-14(11-16)21(28)26-15-6-2-1-3-7-15/h4-5,8-12,15,24H,1-3,6-7,13H2,(H,25,27)(H,26,28). The maximum absolute atomic E-state index is 13.2. The molecule has 0 aliphatic heterocycles. The van der Waals surface area contributed by atoms with E-state index in [1.165, 1.54) is 24.6 Å². The van der Waals surface area contributed by atoms with Crippen LogP contribution in [-0.4, -0.2) is 24.4 Å². The maximum Gasteiger partial charge on any atom is 0.251 e. The molecule has 2 aromatic carbocycles. The first kappa shape index (κ1) is 20.1. The highest BCUT2D eigenvalue weighted by molar-refractivity contribution is 6.31. The van der Waals surface area contributed by atoms with Crippen molar-refractivity contribution in [1.82, 2.24) is 5.32 Å².